The van der Waals surface area contributed by atoms with Crippen molar-refractivity contribution in [2.45, 2.75) is 13.8 Å². The van der Waals surface area contributed by atoms with Gasteiger partial charge in [0.25, 0.3) is 5.91 Å². The lowest BCUT2D eigenvalue weighted by molar-refractivity contribution is -0.137. The van der Waals surface area contributed by atoms with Crippen LogP contribution in [0.2, 0.25) is 0 Å². The van der Waals surface area contributed by atoms with Crippen LogP contribution in [0.25, 0.3) is 5.69 Å². The zero-order valence-corrected chi connectivity index (χ0v) is 14.0. The summed E-state index contributed by atoms with van der Waals surface area (Å²) in [5.74, 6) is -1.50. The number of carbonyl (C=O) groups excluding carboxylic acids is 1. The number of nitrogens with zero attached hydrogens (tertiary/aromatic N) is 3. The summed E-state index contributed by atoms with van der Waals surface area (Å²) in [5.41, 5.74) is 2.99. The minimum absolute atomic E-state index is 0.193. The molecule has 7 nitrogen and oxygen atoms in total. The van der Waals surface area contributed by atoms with Crippen LogP contribution >= 0.6 is 0 Å². The van der Waals surface area contributed by atoms with Crippen molar-refractivity contribution in [3.05, 3.63) is 47.3 Å². The van der Waals surface area contributed by atoms with Crippen LogP contribution in [0.4, 0.5) is 0 Å². The molecule has 0 saturated carbocycles. The van der Waals surface area contributed by atoms with Crippen molar-refractivity contribution in [1.29, 1.82) is 0 Å². The predicted molar refractivity (Wildman–Crippen MR) is 88.5 cm³/mol. The molecule has 0 aliphatic heterocycles. The number of hydrogen-bond donors (Lipinski definition) is 1. The molecule has 24 heavy (non-hydrogen) atoms. The number of methoxy groups -OCH3 is 1. The Morgan fingerprint density at radius 3 is 2.50 bits per heavy atom. The van der Waals surface area contributed by atoms with Crippen molar-refractivity contribution in [3.63, 3.8) is 0 Å². The van der Waals surface area contributed by atoms with Gasteiger partial charge in [-0.1, -0.05) is 17.7 Å². The Labute approximate surface area is 140 Å². The lowest BCUT2D eigenvalue weighted by atomic mass is 10.2. The Bertz CT molecular complexity index is 722. The van der Waals surface area contributed by atoms with Crippen LogP contribution in [-0.2, 0) is 9.53 Å². The number of carbonyl (C=O) groups is 2. The molecule has 1 aromatic heterocycles. The Morgan fingerprint density at radius 1 is 1.25 bits per heavy atom. The fourth-order valence-electron chi connectivity index (χ4n) is 2.31. The van der Waals surface area contributed by atoms with E-state index in [-0.39, 0.29) is 18.8 Å². The van der Waals surface area contributed by atoms with E-state index in [1.807, 2.05) is 38.1 Å². The number of aryl methyl sites for hydroxylation is 2. The number of benzene rings is 1. The topological polar surface area (TPSA) is 84.7 Å². The maximum Gasteiger partial charge on any atom is 0.323 e. The zero-order chi connectivity index (χ0) is 17.7. The van der Waals surface area contributed by atoms with Gasteiger partial charge in [0.1, 0.15) is 6.54 Å². The summed E-state index contributed by atoms with van der Waals surface area (Å²) in [7, 11) is 1.50. The van der Waals surface area contributed by atoms with Crippen molar-refractivity contribution in [3.8, 4) is 5.69 Å². The molecule has 0 bridgehead atoms. The summed E-state index contributed by atoms with van der Waals surface area (Å²) < 4.78 is 6.61. The van der Waals surface area contributed by atoms with Crippen molar-refractivity contribution in [2.24, 2.45) is 0 Å². The highest BCUT2D eigenvalue weighted by Gasteiger charge is 2.22. The standard InChI is InChI=1S/C17H21N3O4/c1-12-4-6-14(7-5-12)20-13(2)10-15(18-20)17(23)19(8-9-24-3)11-16(21)22/h4-7,10H,8-9,11H2,1-3H3,(H,21,22). The highest BCUT2D eigenvalue weighted by atomic mass is 16.5. The minimum atomic E-state index is -1.07. The number of hydrogen-bond acceptors (Lipinski definition) is 4. The minimum Gasteiger partial charge on any atom is -0.480 e. The number of carboxylic acid groups (broad SMARTS) is 1. The summed E-state index contributed by atoms with van der Waals surface area (Å²) in [6.07, 6.45) is 0. The van der Waals surface area contributed by atoms with Crippen LogP contribution in [0.3, 0.4) is 0 Å². The van der Waals surface area contributed by atoms with Gasteiger partial charge in [-0.2, -0.15) is 5.10 Å². The molecule has 0 aliphatic carbocycles. The lowest BCUT2D eigenvalue weighted by Gasteiger charge is -2.18. The molecule has 1 amide bonds. The Morgan fingerprint density at radius 2 is 1.92 bits per heavy atom. The second-order valence-electron chi connectivity index (χ2n) is 5.53. The number of ether oxygens (including phenoxy) is 1. The first-order chi connectivity index (χ1) is 11.4. The highest BCUT2D eigenvalue weighted by Crippen LogP contribution is 2.14. The van der Waals surface area contributed by atoms with E-state index in [9.17, 15) is 9.59 Å². The third-order valence-electron chi connectivity index (χ3n) is 3.56. The lowest BCUT2D eigenvalue weighted by Crippen LogP contribution is -2.38. The maximum atomic E-state index is 12.6. The monoisotopic (exact) mass is 331 g/mol. The summed E-state index contributed by atoms with van der Waals surface area (Å²) in [4.78, 5) is 24.8. The molecule has 0 radical (unpaired) electrons. The van der Waals surface area contributed by atoms with Gasteiger partial charge in [0.2, 0.25) is 0 Å². The van der Waals surface area contributed by atoms with E-state index in [2.05, 4.69) is 5.10 Å². The fraction of sp³-hybridized carbons (Fsp3) is 0.353. The van der Waals surface area contributed by atoms with Gasteiger partial charge in [0, 0.05) is 19.3 Å². The first kappa shape index (κ1) is 17.7. The maximum absolute atomic E-state index is 12.6. The molecule has 0 unspecified atom stereocenters. The summed E-state index contributed by atoms with van der Waals surface area (Å²) in [6.45, 7) is 3.90. The normalized spacial score (nSPS) is 10.6. The van der Waals surface area contributed by atoms with Gasteiger partial charge < -0.3 is 14.7 Å². The van der Waals surface area contributed by atoms with E-state index < -0.39 is 18.4 Å². The van der Waals surface area contributed by atoms with Crippen LogP contribution in [0, 0.1) is 13.8 Å². The van der Waals surface area contributed by atoms with Crippen molar-refractivity contribution < 1.29 is 19.4 Å². The van der Waals surface area contributed by atoms with Gasteiger partial charge in [0.15, 0.2) is 5.69 Å². The molecular weight excluding hydrogens is 310 g/mol. The smallest absolute Gasteiger partial charge is 0.323 e. The number of aliphatic carboxylic acids is 1. The molecule has 7 heteroatoms. The van der Waals surface area contributed by atoms with Crippen LogP contribution in [-0.4, -0.2) is 58.5 Å². The Kier molecular flexibility index (Phi) is 5.70. The second kappa shape index (κ2) is 7.74. The van der Waals surface area contributed by atoms with Gasteiger partial charge in [0.05, 0.1) is 12.3 Å². The van der Waals surface area contributed by atoms with Crippen LogP contribution < -0.4 is 0 Å². The SMILES string of the molecule is COCCN(CC(=O)O)C(=O)c1cc(C)n(-c2ccc(C)cc2)n1. The van der Waals surface area contributed by atoms with Crippen molar-refractivity contribution in [1.82, 2.24) is 14.7 Å². The molecule has 1 aromatic carbocycles. The van der Waals surface area contributed by atoms with Gasteiger partial charge in [-0.05, 0) is 32.0 Å². The summed E-state index contributed by atoms with van der Waals surface area (Å²) in [6, 6.07) is 9.43. The van der Waals surface area contributed by atoms with E-state index in [0.717, 1.165) is 16.9 Å². The van der Waals surface area contributed by atoms with Crippen molar-refractivity contribution in [2.75, 3.05) is 26.8 Å². The third-order valence-corrected chi connectivity index (χ3v) is 3.56. The van der Waals surface area contributed by atoms with E-state index in [0.29, 0.717) is 0 Å². The molecule has 0 atom stereocenters. The number of rotatable bonds is 7. The molecule has 0 saturated heterocycles. The van der Waals surface area contributed by atoms with Gasteiger partial charge >= 0.3 is 5.97 Å². The van der Waals surface area contributed by atoms with Gasteiger partial charge in [-0.3, -0.25) is 9.59 Å². The van der Waals surface area contributed by atoms with E-state index in [4.69, 9.17) is 9.84 Å². The summed E-state index contributed by atoms with van der Waals surface area (Å²) in [5, 5.41) is 13.3. The van der Waals surface area contributed by atoms with Gasteiger partial charge in [-0.25, -0.2) is 4.68 Å². The largest absolute Gasteiger partial charge is 0.480 e. The molecule has 2 rings (SSSR count). The highest BCUT2D eigenvalue weighted by molar-refractivity contribution is 5.94. The average molecular weight is 331 g/mol. The number of carboxylic acids is 1. The van der Waals surface area contributed by atoms with E-state index >= 15 is 0 Å². The molecule has 1 N–H and O–H groups in total. The number of amides is 1. The summed E-state index contributed by atoms with van der Waals surface area (Å²) >= 11 is 0. The zero-order valence-electron chi connectivity index (χ0n) is 14.0. The molecular formula is C17H21N3O4. The van der Waals surface area contributed by atoms with E-state index in [1.54, 1.807) is 10.7 Å². The first-order valence-electron chi connectivity index (χ1n) is 7.56. The number of aromatic nitrogens is 2. The molecule has 128 valence electrons. The molecule has 0 spiro atoms. The fourth-order valence-corrected chi connectivity index (χ4v) is 2.31. The third kappa shape index (κ3) is 4.20. The van der Waals surface area contributed by atoms with Crippen molar-refractivity contribution >= 4 is 11.9 Å². The van der Waals surface area contributed by atoms with Gasteiger partial charge in [-0.15, -0.1) is 0 Å². The average Bonchev–Trinajstić information content (AvgIpc) is 2.93. The molecule has 2 aromatic rings. The molecule has 0 aliphatic rings. The van der Waals surface area contributed by atoms with E-state index in [1.165, 1.54) is 12.0 Å². The Balaban J connectivity index is 2.27. The Hall–Kier alpha value is -2.67. The quantitative estimate of drug-likeness (QED) is 0.834. The molecule has 0 fully saturated rings. The predicted octanol–water partition coefficient (Wildman–Crippen LogP) is 1.66. The van der Waals surface area contributed by atoms with Crippen LogP contribution in [0.5, 0.6) is 0 Å². The first-order valence-corrected chi connectivity index (χ1v) is 7.56. The molecule has 1 heterocycles. The van der Waals surface area contributed by atoms with Crippen LogP contribution in [0.15, 0.2) is 30.3 Å². The van der Waals surface area contributed by atoms with Crippen LogP contribution in [0.1, 0.15) is 21.7 Å². The second-order valence-corrected chi connectivity index (χ2v) is 5.53.